The van der Waals surface area contributed by atoms with Gasteiger partial charge in [-0.2, -0.15) is 13.2 Å². The fourth-order valence-electron chi connectivity index (χ4n) is 3.91. The number of aliphatic hydroxyl groups excluding tert-OH is 1. The van der Waals surface area contributed by atoms with Gasteiger partial charge < -0.3 is 15.7 Å². The van der Waals surface area contributed by atoms with E-state index in [0.29, 0.717) is 6.42 Å². The van der Waals surface area contributed by atoms with E-state index >= 15 is 0 Å². The Bertz CT molecular complexity index is 959. The van der Waals surface area contributed by atoms with E-state index < -0.39 is 24.9 Å². The summed E-state index contributed by atoms with van der Waals surface area (Å²) >= 11 is 0. The summed E-state index contributed by atoms with van der Waals surface area (Å²) in [6, 6.07) is 27.8. The first-order valence-electron chi connectivity index (χ1n) is 11.2. The van der Waals surface area contributed by atoms with Crippen molar-refractivity contribution in [2.45, 2.75) is 37.1 Å². The van der Waals surface area contributed by atoms with Gasteiger partial charge in [-0.1, -0.05) is 91.0 Å². The van der Waals surface area contributed by atoms with Gasteiger partial charge in [-0.15, -0.1) is 0 Å². The molecule has 0 bridgehead atoms. The average molecular weight is 471 g/mol. The lowest BCUT2D eigenvalue weighted by atomic mass is 9.88. The van der Waals surface area contributed by atoms with Crippen molar-refractivity contribution in [3.63, 3.8) is 0 Å². The molecule has 34 heavy (non-hydrogen) atoms. The van der Waals surface area contributed by atoms with Gasteiger partial charge in [-0.05, 0) is 23.1 Å². The summed E-state index contributed by atoms with van der Waals surface area (Å²) in [7, 11) is 0. The van der Waals surface area contributed by atoms with Crippen LogP contribution in [0, 0.1) is 0 Å². The standard InChI is InChI=1S/C27H29F3N2O2/c28-27(29,30)19-31-18-25(33)24(16-20-10-4-1-5-11-20)32-26(34)17-23(21-12-6-2-7-13-21)22-14-8-3-9-15-22/h1-15,23-25,31,33H,16-19H2,(H,32,34)/t24-,25+/m0/s1. The monoisotopic (exact) mass is 470 g/mol. The van der Waals surface area contributed by atoms with Gasteiger partial charge in [-0.25, -0.2) is 0 Å². The molecular weight excluding hydrogens is 441 g/mol. The topological polar surface area (TPSA) is 61.4 Å². The highest BCUT2D eigenvalue weighted by atomic mass is 19.4. The van der Waals surface area contributed by atoms with Crippen LogP contribution < -0.4 is 10.6 Å². The number of carbonyl (C=O) groups is 1. The molecule has 3 rings (SSSR count). The van der Waals surface area contributed by atoms with Crippen molar-refractivity contribution in [2.75, 3.05) is 13.1 Å². The number of nitrogens with one attached hydrogen (secondary N) is 2. The molecule has 0 aliphatic heterocycles. The van der Waals surface area contributed by atoms with Crippen molar-refractivity contribution in [3.05, 3.63) is 108 Å². The highest BCUT2D eigenvalue weighted by Crippen LogP contribution is 2.28. The van der Waals surface area contributed by atoms with Crippen molar-refractivity contribution in [1.29, 1.82) is 0 Å². The lowest BCUT2D eigenvalue weighted by Gasteiger charge is -2.26. The average Bonchev–Trinajstić information content (AvgIpc) is 2.83. The lowest BCUT2D eigenvalue weighted by molar-refractivity contribution is -0.127. The van der Waals surface area contributed by atoms with Crippen LogP contribution in [0.25, 0.3) is 0 Å². The van der Waals surface area contributed by atoms with E-state index in [4.69, 9.17) is 0 Å². The predicted molar refractivity (Wildman–Crippen MR) is 126 cm³/mol. The van der Waals surface area contributed by atoms with Crippen LogP contribution in [0.1, 0.15) is 29.0 Å². The van der Waals surface area contributed by atoms with Crippen molar-refractivity contribution >= 4 is 5.91 Å². The van der Waals surface area contributed by atoms with Gasteiger partial charge in [0.2, 0.25) is 5.91 Å². The summed E-state index contributed by atoms with van der Waals surface area (Å²) in [4.78, 5) is 13.1. The number of carbonyl (C=O) groups excluding carboxylic acids is 1. The Hall–Kier alpha value is -3.16. The smallest absolute Gasteiger partial charge is 0.390 e. The van der Waals surface area contributed by atoms with E-state index in [1.54, 1.807) is 0 Å². The maximum Gasteiger partial charge on any atom is 0.401 e. The highest BCUT2D eigenvalue weighted by Gasteiger charge is 2.29. The van der Waals surface area contributed by atoms with E-state index in [0.717, 1.165) is 16.7 Å². The summed E-state index contributed by atoms with van der Waals surface area (Å²) in [5, 5.41) is 15.7. The SMILES string of the molecule is O=C(CC(c1ccccc1)c1ccccc1)N[C@@H](Cc1ccccc1)[C@H](O)CNCC(F)(F)F. The fourth-order valence-corrected chi connectivity index (χ4v) is 3.91. The van der Waals surface area contributed by atoms with E-state index in [9.17, 15) is 23.1 Å². The Morgan fingerprint density at radius 3 is 1.82 bits per heavy atom. The Balaban J connectivity index is 1.73. The van der Waals surface area contributed by atoms with Gasteiger partial charge in [0.05, 0.1) is 18.7 Å². The van der Waals surface area contributed by atoms with Crippen LogP contribution in [-0.4, -0.2) is 42.4 Å². The Morgan fingerprint density at radius 1 is 0.824 bits per heavy atom. The van der Waals surface area contributed by atoms with Crippen molar-refractivity contribution < 1.29 is 23.1 Å². The molecule has 0 heterocycles. The van der Waals surface area contributed by atoms with E-state index in [1.165, 1.54) is 0 Å². The number of alkyl halides is 3. The summed E-state index contributed by atoms with van der Waals surface area (Å²) in [5.74, 6) is -0.478. The molecule has 3 N–H and O–H groups in total. The number of halogens is 3. The number of hydrogen-bond acceptors (Lipinski definition) is 3. The molecule has 0 saturated heterocycles. The molecule has 4 nitrogen and oxygen atoms in total. The number of benzene rings is 3. The molecule has 7 heteroatoms. The molecule has 0 unspecified atom stereocenters. The number of rotatable bonds is 11. The molecule has 3 aromatic rings. The van der Waals surface area contributed by atoms with Gasteiger partial charge in [0.25, 0.3) is 0 Å². The van der Waals surface area contributed by atoms with Crippen LogP contribution >= 0.6 is 0 Å². The molecular formula is C27H29F3N2O2. The van der Waals surface area contributed by atoms with Crippen molar-refractivity contribution in [1.82, 2.24) is 10.6 Å². The molecule has 180 valence electrons. The zero-order chi connectivity index (χ0) is 24.4. The number of amides is 1. The van der Waals surface area contributed by atoms with Crippen LogP contribution in [0.5, 0.6) is 0 Å². The molecule has 0 aliphatic rings. The third-order valence-electron chi connectivity index (χ3n) is 5.58. The molecule has 3 aromatic carbocycles. The quantitative estimate of drug-likeness (QED) is 0.388. The van der Waals surface area contributed by atoms with Gasteiger partial charge in [0.1, 0.15) is 0 Å². The highest BCUT2D eigenvalue weighted by molar-refractivity contribution is 5.78. The molecule has 1 amide bonds. The van der Waals surface area contributed by atoms with Crippen LogP contribution in [-0.2, 0) is 11.2 Å². The summed E-state index contributed by atoms with van der Waals surface area (Å²) in [6.07, 6.45) is -5.14. The predicted octanol–water partition coefficient (Wildman–Crippen LogP) is 4.45. The molecule has 0 radical (unpaired) electrons. The van der Waals surface area contributed by atoms with Crippen LogP contribution in [0.2, 0.25) is 0 Å². The molecule has 0 spiro atoms. The molecule has 0 aliphatic carbocycles. The summed E-state index contributed by atoms with van der Waals surface area (Å²) in [6.45, 7) is -1.50. The maximum absolute atomic E-state index is 13.1. The Morgan fingerprint density at radius 2 is 1.32 bits per heavy atom. The normalized spacial score (nSPS) is 13.4. The van der Waals surface area contributed by atoms with E-state index in [-0.39, 0.29) is 24.8 Å². The molecule has 0 fully saturated rings. The van der Waals surface area contributed by atoms with Crippen molar-refractivity contribution in [3.8, 4) is 0 Å². The van der Waals surface area contributed by atoms with Gasteiger partial charge >= 0.3 is 6.18 Å². The minimum Gasteiger partial charge on any atom is -0.390 e. The van der Waals surface area contributed by atoms with Crippen LogP contribution in [0.4, 0.5) is 13.2 Å². The second-order valence-electron chi connectivity index (χ2n) is 8.26. The number of hydrogen-bond donors (Lipinski definition) is 3. The zero-order valence-corrected chi connectivity index (χ0v) is 18.7. The second-order valence-corrected chi connectivity index (χ2v) is 8.26. The minimum atomic E-state index is -4.38. The van der Waals surface area contributed by atoms with Gasteiger partial charge in [0, 0.05) is 18.9 Å². The minimum absolute atomic E-state index is 0.141. The third-order valence-corrected chi connectivity index (χ3v) is 5.58. The first kappa shape index (κ1) is 25.5. The van der Waals surface area contributed by atoms with Gasteiger partial charge in [-0.3, -0.25) is 4.79 Å². The molecule has 0 aromatic heterocycles. The van der Waals surface area contributed by atoms with Gasteiger partial charge in [0.15, 0.2) is 0 Å². The second kappa shape index (κ2) is 12.3. The summed E-state index contributed by atoms with van der Waals surface area (Å²) < 4.78 is 37.5. The summed E-state index contributed by atoms with van der Waals surface area (Å²) in [5.41, 5.74) is 2.83. The zero-order valence-electron chi connectivity index (χ0n) is 18.7. The fraction of sp³-hybridized carbons (Fsp3) is 0.296. The van der Waals surface area contributed by atoms with E-state index in [1.807, 2.05) is 91.0 Å². The Kier molecular flexibility index (Phi) is 9.24. The molecule has 2 atom stereocenters. The van der Waals surface area contributed by atoms with Crippen LogP contribution in [0.15, 0.2) is 91.0 Å². The molecule has 0 saturated carbocycles. The number of aliphatic hydroxyl groups is 1. The van der Waals surface area contributed by atoms with Crippen molar-refractivity contribution in [2.24, 2.45) is 0 Å². The van der Waals surface area contributed by atoms with E-state index in [2.05, 4.69) is 10.6 Å². The largest absolute Gasteiger partial charge is 0.401 e. The lowest BCUT2D eigenvalue weighted by Crippen LogP contribution is -2.49. The third kappa shape index (κ3) is 8.32. The Labute approximate surface area is 197 Å². The maximum atomic E-state index is 13.1. The first-order valence-corrected chi connectivity index (χ1v) is 11.2. The van der Waals surface area contributed by atoms with Crippen LogP contribution in [0.3, 0.4) is 0 Å². The first-order chi connectivity index (χ1) is 16.3.